The topological polar surface area (TPSA) is 79.4 Å². The molecule has 8 heteroatoms. The fraction of sp³-hybridized carbons (Fsp3) is 0.556. The van der Waals surface area contributed by atoms with Gasteiger partial charge in [-0.15, -0.1) is 6.58 Å². The highest BCUT2D eigenvalue weighted by molar-refractivity contribution is 8.00. The second kappa shape index (κ2) is 9.53. The van der Waals surface area contributed by atoms with Gasteiger partial charge in [-0.2, -0.15) is 4.31 Å². The molecule has 0 saturated heterocycles. The van der Waals surface area contributed by atoms with Gasteiger partial charge in [0, 0.05) is 25.8 Å². The molecule has 6 nitrogen and oxygen atoms in total. The summed E-state index contributed by atoms with van der Waals surface area (Å²) in [4.78, 5) is 16.3. The maximum absolute atomic E-state index is 12.8. The minimum absolute atomic E-state index is 0.0661. The lowest BCUT2D eigenvalue weighted by atomic mass is 9.96. The van der Waals surface area contributed by atoms with Crippen LogP contribution in [0.25, 0.3) is 0 Å². The average Bonchev–Trinajstić information content (AvgIpc) is 2.66. The number of carbonyl (C=O) groups excluding carboxylic acids is 1. The third-order valence-electron chi connectivity index (χ3n) is 4.56. The van der Waals surface area contributed by atoms with Gasteiger partial charge in [0.1, 0.15) is 4.90 Å². The van der Waals surface area contributed by atoms with E-state index in [2.05, 4.69) is 16.9 Å². The number of nitrogens with one attached hydrogen (secondary N) is 1. The highest BCUT2D eigenvalue weighted by Crippen LogP contribution is 2.27. The molecule has 1 fully saturated rings. The van der Waals surface area contributed by atoms with E-state index in [1.54, 1.807) is 32.2 Å². The van der Waals surface area contributed by atoms with Gasteiger partial charge in [-0.05, 0) is 31.9 Å². The average molecular weight is 398 g/mol. The molecule has 26 heavy (non-hydrogen) atoms. The van der Waals surface area contributed by atoms with Crippen LogP contribution < -0.4 is 5.32 Å². The first-order valence-electron chi connectivity index (χ1n) is 8.85. The van der Waals surface area contributed by atoms with Gasteiger partial charge >= 0.3 is 0 Å². The predicted molar refractivity (Wildman–Crippen MR) is 105 cm³/mol. The van der Waals surface area contributed by atoms with Crippen LogP contribution in [0.1, 0.15) is 39.0 Å². The Morgan fingerprint density at radius 2 is 2.12 bits per heavy atom. The van der Waals surface area contributed by atoms with Crippen molar-refractivity contribution in [1.82, 2.24) is 14.6 Å². The molecule has 0 aromatic carbocycles. The lowest BCUT2D eigenvalue weighted by molar-refractivity contribution is -0.120. The van der Waals surface area contributed by atoms with E-state index in [0.717, 1.165) is 25.7 Å². The first-order chi connectivity index (χ1) is 12.4. The maximum atomic E-state index is 12.8. The van der Waals surface area contributed by atoms with Crippen molar-refractivity contribution in [1.29, 1.82) is 0 Å². The van der Waals surface area contributed by atoms with Gasteiger partial charge in [0.25, 0.3) is 0 Å². The Labute approximate surface area is 160 Å². The molecule has 0 radical (unpaired) electrons. The zero-order chi connectivity index (χ0) is 19.2. The summed E-state index contributed by atoms with van der Waals surface area (Å²) in [5.74, 6) is -0.106. The molecule has 1 aromatic rings. The number of carbonyl (C=O) groups is 1. The van der Waals surface area contributed by atoms with Gasteiger partial charge in [0.05, 0.1) is 10.3 Å². The molecule has 1 aliphatic rings. The number of hydrogen-bond donors (Lipinski definition) is 1. The molecule has 1 aliphatic carbocycles. The van der Waals surface area contributed by atoms with Crippen LogP contribution in [-0.2, 0) is 14.8 Å². The molecule has 1 atom stereocenters. The van der Waals surface area contributed by atoms with Gasteiger partial charge in [-0.25, -0.2) is 13.4 Å². The molecule has 1 amide bonds. The normalized spacial score (nSPS) is 17.0. The smallest absolute Gasteiger partial charge is 0.244 e. The van der Waals surface area contributed by atoms with E-state index in [0.29, 0.717) is 11.6 Å². The fourth-order valence-corrected chi connectivity index (χ4v) is 5.12. The second-order valence-corrected chi connectivity index (χ2v) is 9.80. The van der Waals surface area contributed by atoms with Crippen molar-refractivity contribution in [3.8, 4) is 0 Å². The number of aromatic nitrogens is 1. The highest BCUT2D eigenvalue weighted by Gasteiger charge is 2.29. The summed E-state index contributed by atoms with van der Waals surface area (Å²) in [7, 11) is -1.89. The second-order valence-electron chi connectivity index (χ2n) is 6.44. The number of sulfonamides is 1. The molecule has 0 bridgehead atoms. The Balaban J connectivity index is 2.03. The number of pyridine rings is 1. The maximum Gasteiger partial charge on any atom is 0.244 e. The number of rotatable bonds is 8. The van der Waals surface area contributed by atoms with Gasteiger partial charge < -0.3 is 5.32 Å². The monoisotopic (exact) mass is 397 g/mol. The Morgan fingerprint density at radius 3 is 2.69 bits per heavy atom. The molecule has 0 aliphatic heterocycles. The summed E-state index contributed by atoms with van der Waals surface area (Å²) >= 11 is 1.29. The van der Waals surface area contributed by atoms with E-state index in [9.17, 15) is 13.2 Å². The van der Waals surface area contributed by atoms with Crippen molar-refractivity contribution < 1.29 is 13.2 Å². The molecule has 144 valence electrons. The Morgan fingerprint density at radius 1 is 1.42 bits per heavy atom. The summed E-state index contributed by atoms with van der Waals surface area (Å²) in [6, 6.07) is 3.29. The van der Waals surface area contributed by atoms with Gasteiger partial charge in [0.15, 0.2) is 0 Å². The number of nitrogens with zero attached hydrogens (tertiary/aromatic N) is 2. The standard InChI is InChI=1S/C18H27N3O3S2/c1-4-12-19-18(22)14(2)25-17-11-10-16(13-20-17)26(23,24)21(3)15-8-6-5-7-9-15/h4,10-11,13-15H,1,5-9,12H2,2-3H3,(H,19,22)/t14-/m1/s1. The summed E-state index contributed by atoms with van der Waals surface area (Å²) < 4.78 is 27.1. The number of thioether (sulfide) groups is 1. The largest absolute Gasteiger partial charge is 0.352 e. The molecule has 1 N–H and O–H groups in total. The third kappa shape index (κ3) is 5.31. The van der Waals surface area contributed by atoms with Crippen LogP contribution in [0.2, 0.25) is 0 Å². The van der Waals surface area contributed by atoms with Crippen molar-refractivity contribution in [3.05, 3.63) is 31.0 Å². The first-order valence-corrected chi connectivity index (χ1v) is 11.2. The zero-order valence-corrected chi connectivity index (χ0v) is 17.0. The van der Waals surface area contributed by atoms with E-state index < -0.39 is 10.0 Å². The van der Waals surface area contributed by atoms with Crippen molar-refractivity contribution in [2.24, 2.45) is 0 Å². The molecular weight excluding hydrogens is 370 g/mol. The minimum atomic E-state index is -3.54. The SMILES string of the molecule is C=CCNC(=O)[C@@H](C)Sc1ccc(S(=O)(=O)N(C)C2CCCCC2)cn1. The Bertz CT molecular complexity index is 714. The Hall–Kier alpha value is -1.38. The highest BCUT2D eigenvalue weighted by atomic mass is 32.2. The van der Waals surface area contributed by atoms with Crippen LogP contribution in [0.4, 0.5) is 0 Å². The van der Waals surface area contributed by atoms with Crippen LogP contribution in [0.5, 0.6) is 0 Å². The van der Waals surface area contributed by atoms with Crippen molar-refractivity contribution in [3.63, 3.8) is 0 Å². The van der Waals surface area contributed by atoms with Gasteiger partial charge in [-0.3, -0.25) is 4.79 Å². The number of amides is 1. The quantitative estimate of drug-likeness (QED) is 0.539. The van der Waals surface area contributed by atoms with Crippen molar-refractivity contribution >= 4 is 27.7 Å². The lowest BCUT2D eigenvalue weighted by Gasteiger charge is -2.30. The van der Waals surface area contributed by atoms with Crippen LogP contribution in [0.3, 0.4) is 0 Å². The van der Waals surface area contributed by atoms with E-state index in [1.165, 1.54) is 28.7 Å². The zero-order valence-electron chi connectivity index (χ0n) is 15.3. The van der Waals surface area contributed by atoms with E-state index >= 15 is 0 Å². The van der Waals surface area contributed by atoms with Crippen LogP contribution in [0, 0.1) is 0 Å². The first kappa shape index (κ1) is 20.9. The van der Waals surface area contributed by atoms with Gasteiger partial charge in [0.2, 0.25) is 15.9 Å². The fourth-order valence-electron chi connectivity index (χ4n) is 2.95. The molecule has 1 aromatic heterocycles. The summed E-state index contributed by atoms with van der Waals surface area (Å²) in [6.07, 6.45) is 8.15. The van der Waals surface area contributed by atoms with E-state index in [4.69, 9.17) is 0 Å². The lowest BCUT2D eigenvalue weighted by Crippen LogP contribution is -2.38. The van der Waals surface area contributed by atoms with E-state index in [1.807, 2.05) is 0 Å². The molecular formula is C18H27N3O3S2. The summed E-state index contributed by atoms with van der Waals surface area (Å²) in [5, 5.41) is 3.02. The molecule has 0 unspecified atom stereocenters. The van der Waals surface area contributed by atoms with Crippen molar-refractivity contribution in [2.75, 3.05) is 13.6 Å². The van der Waals surface area contributed by atoms with Crippen LogP contribution >= 0.6 is 11.8 Å². The minimum Gasteiger partial charge on any atom is -0.352 e. The molecule has 0 spiro atoms. The molecule has 2 rings (SSSR count). The van der Waals surface area contributed by atoms with E-state index in [-0.39, 0.29) is 22.1 Å². The summed E-state index contributed by atoms with van der Waals surface area (Å²) in [6.45, 7) is 5.76. The third-order valence-corrected chi connectivity index (χ3v) is 7.51. The Kier molecular flexibility index (Phi) is 7.67. The van der Waals surface area contributed by atoms with Crippen LogP contribution in [-0.4, -0.2) is 48.5 Å². The van der Waals surface area contributed by atoms with Crippen molar-refractivity contribution in [2.45, 2.75) is 60.2 Å². The number of hydrogen-bond acceptors (Lipinski definition) is 5. The molecule has 1 heterocycles. The summed E-state index contributed by atoms with van der Waals surface area (Å²) in [5.41, 5.74) is 0. The van der Waals surface area contributed by atoms with Crippen LogP contribution in [0.15, 0.2) is 40.9 Å². The van der Waals surface area contributed by atoms with Gasteiger partial charge in [-0.1, -0.05) is 37.1 Å². The molecule has 1 saturated carbocycles. The predicted octanol–water partition coefficient (Wildman–Crippen LogP) is 2.82.